The van der Waals surface area contributed by atoms with E-state index in [4.69, 9.17) is 9.15 Å². The molecule has 3 aromatic rings. The average Bonchev–Trinajstić information content (AvgIpc) is 3.04. The standard InChI is InChI=1S/C18H17N3O3/c1-12-4-3-5-14(10-12)17-20-21-18(24-17)19-16(22)11-13-6-8-15(23-2)9-7-13/h3-10H,11H2,1-2H3,(H,19,21,22). The highest BCUT2D eigenvalue weighted by Crippen LogP contribution is 2.20. The van der Waals surface area contributed by atoms with Gasteiger partial charge in [-0.3, -0.25) is 10.1 Å². The van der Waals surface area contributed by atoms with Crippen LogP contribution in [-0.2, 0) is 11.2 Å². The molecule has 0 bridgehead atoms. The summed E-state index contributed by atoms with van der Waals surface area (Å²) in [6.07, 6.45) is 0.214. The number of carbonyl (C=O) groups is 1. The number of amides is 1. The smallest absolute Gasteiger partial charge is 0.322 e. The summed E-state index contributed by atoms with van der Waals surface area (Å²) in [6, 6.07) is 15.1. The first kappa shape index (κ1) is 15.7. The maximum atomic E-state index is 12.1. The summed E-state index contributed by atoms with van der Waals surface area (Å²) in [6.45, 7) is 1.98. The fourth-order valence-corrected chi connectivity index (χ4v) is 2.26. The van der Waals surface area contributed by atoms with Gasteiger partial charge in [0.05, 0.1) is 13.5 Å². The lowest BCUT2D eigenvalue weighted by atomic mass is 10.1. The largest absolute Gasteiger partial charge is 0.497 e. The molecule has 0 aliphatic heterocycles. The molecule has 3 rings (SSSR count). The molecule has 0 saturated heterocycles. The molecule has 1 N–H and O–H groups in total. The van der Waals surface area contributed by atoms with Crippen molar-refractivity contribution in [2.45, 2.75) is 13.3 Å². The number of carbonyl (C=O) groups excluding carboxylic acids is 1. The molecule has 0 unspecified atom stereocenters. The molecule has 2 aromatic carbocycles. The van der Waals surface area contributed by atoms with Crippen LogP contribution < -0.4 is 10.1 Å². The first-order chi connectivity index (χ1) is 11.6. The predicted molar refractivity (Wildman–Crippen MR) is 89.8 cm³/mol. The SMILES string of the molecule is COc1ccc(CC(=O)Nc2nnc(-c3cccc(C)c3)o2)cc1. The minimum Gasteiger partial charge on any atom is -0.497 e. The van der Waals surface area contributed by atoms with E-state index in [1.165, 1.54) is 0 Å². The van der Waals surface area contributed by atoms with Crippen LogP contribution in [0.15, 0.2) is 52.9 Å². The summed E-state index contributed by atoms with van der Waals surface area (Å²) < 4.78 is 10.6. The quantitative estimate of drug-likeness (QED) is 0.780. The Morgan fingerprint density at radius 2 is 1.96 bits per heavy atom. The fraction of sp³-hybridized carbons (Fsp3) is 0.167. The number of hydrogen-bond donors (Lipinski definition) is 1. The van der Waals surface area contributed by atoms with Crippen LogP contribution in [0.25, 0.3) is 11.5 Å². The monoisotopic (exact) mass is 323 g/mol. The fourth-order valence-electron chi connectivity index (χ4n) is 2.26. The van der Waals surface area contributed by atoms with E-state index in [9.17, 15) is 4.79 Å². The third-order valence-electron chi connectivity index (χ3n) is 3.46. The number of ether oxygens (including phenoxy) is 1. The number of aromatic nitrogens is 2. The summed E-state index contributed by atoms with van der Waals surface area (Å²) in [5.74, 6) is 0.900. The maximum Gasteiger partial charge on any atom is 0.322 e. The van der Waals surface area contributed by atoms with Crippen molar-refractivity contribution in [3.8, 4) is 17.2 Å². The second-order valence-corrected chi connectivity index (χ2v) is 5.35. The molecule has 0 aliphatic rings. The van der Waals surface area contributed by atoms with Gasteiger partial charge in [-0.2, -0.15) is 0 Å². The Labute approximate surface area is 139 Å². The van der Waals surface area contributed by atoms with Gasteiger partial charge >= 0.3 is 6.01 Å². The zero-order valence-corrected chi connectivity index (χ0v) is 13.4. The van der Waals surface area contributed by atoms with Gasteiger partial charge in [0, 0.05) is 5.56 Å². The van der Waals surface area contributed by atoms with E-state index >= 15 is 0 Å². The maximum absolute atomic E-state index is 12.1. The molecule has 0 saturated carbocycles. The van der Waals surface area contributed by atoms with Crippen molar-refractivity contribution in [1.82, 2.24) is 10.2 Å². The van der Waals surface area contributed by atoms with Crippen molar-refractivity contribution in [3.05, 3.63) is 59.7 Å². The first-order valence-corrected chi connectivity index (χ1v) is 7.47. The van der Waals surface area contributed by atoms with Crippen molar-refractivity contribution in [2.24, 2.45) is 0 Å². The van der Waals surface area contributed by atoms with Crippen LogP contribution in [0.1, 0.15) is 11.1 Å². The van der Waals surface area contributed by atoms with E-state index in [0.29, 0.717) is 5.89 Å². The molecule has 6 heteroatoms. The number of benzene rings is 2. The minimum atomic E-state index is -0.223. The van der Waals surface area contributed by atoms with Crippen LogP contribution in [0.4, 0.5) is 6.01 Å². The van der Waals surface area contributed by atoms with Crippen LogP contribution in [-0.4, -0.2) is 23.2 Å². The van der Waals surface area contributed by atoms with Crippen LogP contribution in [0.2, 0.25) is 0 Å². The van der Waals surface area contributed by atoms with Crippen LogP contribution in [0, 0.1) is 6.92 Å². The number of nitrogens with one attached hydrogen (secondary N) is 1. The molecular formula is C18H17N3O3. The molecule has 0 fully saturated rings. The van der Waals surface area contributed by atoms with Crippen molar-refractivity contribution >= 4 is 11.9 Å². The topological polar surface area (TPSA) is 77.2 Å². The zero-order chi connectivity index (χ0) is 16.9. The van der Waals surface area contributed by atoms with Gasteiger partial charge in [-0.25, -0.2) is 0 Å². The van der Waals surface area contributed by atoms with E-state index in [1.807, 2.05) is 55.5 Å². The van der Waals surface area contributed by atoms with Gasteiger partial charge in [0.15, 0.2) is 0 Å². The number of aryl methyl sites for hydroxylation is 1. The van der Waals surface area contributed by atoms with Crippen molar-refractivity contribution in [2.75, 3.05) is 12.4 Å². The van der Waals surface area contributed by atoms with E-state index in [-0.39, 0.29) is 18.3 Å². The van der Waals surface area contributed by atoms with Gasteiger partial charge in [0.25, 0.3) is 0 Å². The number of rotatable bonds is 5. The summed E-state index contributed by atoms with van der Waals surface area (Å²) in [5, 5.41) is 10.4. The first-order valence-electron chi connectivity index (χ1n) is 7.47. The van der Waals surface area contributed by atoms with Gasteiger partial charge in [-0.1, -0.05) is 34.9 Å². The Kier molecular flexibility index (Phi) is 4.56. The van der Waals surface area contributed by atoms with Crippen molar-refractivity contribution < 1.29 is 13.9 Å². The van der Waals surface area contributed by atoms with Crippen molar-refractivity contribution in [3.63, 3.8) is 0 Å². The highest BCUT2D eigenvalue weighted by atomic mass is 16.5. The van der Waals surface area contributed by atoms with Gasteiger partial charge in [-0.15, -0.1) is 5.10 Å². The molecule has 24 heavy (non-hydrogen) atoms. The number of nitrogens with zero attached hydrogens (tertiary/aromatic N) is 2. The molecule has 0 aliphatic carbocycles. The lowest BCUT2D eigenvalue weighted by molar-refractivity contribution is -0.115. The van der Waals surface area contributed by atoms with Gasteiger partial charge in [-0.05, 0) is 36.8 Å². The molecule has 0 atom stereocenters. The second-order valence-electron chi connectivity index (χ2n) is 5.35. The van der Waals surface area contributed by atoms with Crippen molar-refractivity contribution in [1.29, 1.82) is 0 Å². The molecule has 0 spiro atoms. The zero-order valence-electron chi connectivity index (χ0n) is 13.4. The van der Waals surface area contributed by atoms with Gasteiger partial charge in [0.2, 0.25) is 11.8 Å². The molecule has 1 aromatic heterocycles. The molecule has 1 heterocycles. The van der Waals surface area contributed by atoms with Gasteiger partial charge in [0.1, 0.15) is 5.75 Å². The number of hydrogen-bond acceptors (Lipinski definition) is 5. The molecule has 1 amide bonds. The minimum absolute atomic E-state index is 0.0880. The molecular weight excluding hydrogens is 306 g/mol. The summed E-state index contributed by atoms with van der Waals surface area (Å²) in [5.41, 5.74) is 2.78. The highest BCUT2D eigenvalue weighted by Gasteiger charge is 2.12. The average molecular weight is 323 g/mol. The summed E-state index contributed by atoms with van der Waals surface area (Å²) in [4.78, 5) is 12.1. The Balaban J connectivity index is 1.64. The Morgan fingerprint density at radius 3 is 2.67 bits per heavy atom. The normalized spacial score (nSPS) is 10.4. The molecule has 122 valence electrons. The third-order valence-corrected chi connectivity index (χ3v) is 3.46. The van der Waals surface area contributed by atoms with E-state index in [0.717, 1.165) is 22.4 Å². The number of anilines is 1. The van der Waals surface area contributed by atoms with Gasteiger partial charge < -0.3 is 9.15 Å². The third kappa shape index (κ3) is 3.78. The molecule has 6 nitrogen and oxygen atoms in total. The highest BCUT2D eigenvalue weighted by molar-refractivity contribution is 5.90. The Bertz CT molecular complexity index is 841. The Morgan fingerprint density at radius 1 is 1.17 bits per heavy atom. The van der Waals surface area contributed by atoms with E-state index in [1.54, 1.807) is 7.11 Å². The number of methoxy groups -OCH3 is 1. The van der Waals surface area contributed by atoms with Crippen LogP contribution >= 0.6 is 0 Å². The lowest BCUT2D eigenvalue weighted by Gasteiger charge is -2.03. The van der Waals surface area contributed by atoms with Crippen LogP contribution in [0.5, 0.6) is 5.75 Å². The summed E-state index contributed by atoms with van der Waals surface area (Å²) >= 11 is 0. The molecule has 0 radical (unpaired) electrons. The second kappa shape index (κ2) is 6.95. The van der Waals surface area contributed by atoms with Crippen LogP contribution in [0.3, 0.4) is 0 Å². The van der Waals surface area contributed by atoms with E-state index < -0.39 is 0 Å². The summed E-state index contributed by atoms with van der Waals surface area (Å²) in [7, 11) is 1.60. The van der Waals surface area contributed by atoms with E-state index in [2.05, 4.69) is 15.5 Å². The predicted octanol–water partition coefficient (Wildman–Crippen LogP) is 3.23. The lowest BCUT2D eigenvalue weighted by Crippen LogP contribution is -2.14. The Hall–Kier alpha value is -3.15.